The molecule has 4 nitrogen and oxygen atoms in total. The normalized spacial score (nSPS) is 12.9. The number of benzene rings is 4. The van der Waals surface area contributed by atoms with Gasteiger partial charge in [-0.25, -0.2) is 0 Å². The molecule has 0 atom stereocenters. The fourth-order valence-electron chi connectivity index (χ4n) is 5.42. The first-order valence-electron chi connectivity index (χ1n) is 10.9. The summed E-state index contributed by atoms with van der Waals surface area (Å²) < 4.78 is 8.72. The van der Waals surface area contributed by atoms with Gasteiger partial charge in [0.1, 0.15) is 11.2 Å². The summed E-state index contributed by atoms with van der Waals surface area (Å²) >= 11 is 0. The maximum absolute atomic E-state index is 9.63. The second-order valence-corrected chi connectivity index (χ2v) is 8.72. The molecule has 2 aromatic heterocycles. The number of fused-ring (bicyclic) bond motifs is 9. The van der Waals surface area contributed by atoms with E-state index in [9.17, 15) is 5.26 Å². The molecule has 1 aliphatic heterocycles. The van der Waals surface area contributed by atoms with Crippen LogP contribution in [0.5, 0.6) is 0 Å². The summed E-state index contributed by atoms with van der Waals surface area (Å²) in [6.07, 6.45) is 0. The van der Waals surface area contributed by atoms with E-state index in [-0.39, 0.29) is 6.04 Å². The van der Waals surface area contributed by atoms with Crippen LogP contribution < -0.4 is 4.90 Å². The molecule has 0 bridgehead atoms. The average molecular weight is 413 g/mol. The number of nitriles is 1. The molecule has 0 spiro atoms. The van der Waals surface area contributed by atoms with E-state index in [0.29, 0.717) is 5.56 Å². The minimum atomic E-state index is 0.192. The molecule has 6 aromatic rings. The molecule has 7 rings (SSSR count). The van der Waals surface area contributed by atoms with Crippen molar-refractivity contribution in [1.82, 2.24) is 4.57 Å². The van der Waals surface area contributed by atoms with Crippen molar-refractivity contribution >= 4 is 55.1 Å². The molecule has 0 unspecified atom stereocenters. The fraction of sp³-hybridized carbons (Fsp3) is 0.107. The molecule has 4 aromatic carbocycles. The van der Waals surface area contributed by atoms with Crippen molar-refractivity contribution in [2.45, 2.75) is 19.9 Å². The summed E-state index contributed by atoms with van der Waals surface area (Å²) in [6.45, 7) is 4.40. The van der Waals surface area contributed by atoms with Crippen molar-refractivity contribution < 1.29 is 4.42 Å². The lowest BCUT2D eigenvalue weighted by Gasteiger charge is -2.36. The molecule has 3 heterocycles. The van der Waals surface area contributed by atoms with Crippen molar-refractivity contribution in [1.29, 1.82) is 5.26 Å². The van der Waals surface area contributed by atoms with Gasteiger partial charge in [-0.15, -0.1) is 0 Å². The van der Waals surface area contributed by atoms with Crippen LogP contribution in [0.3, 0.4) is 0 Å². The SMILES string of the molecule is CC(C)N1c2cc(C#N)ccc2-n2c3ccccc3c3cc4oc5ccccc5c4c1c32. The molecule has 0 saturated carbocycles. The van der Waals surface area contributed by atoms with E-state index in [4.69, 9.17) is 4.42 Å². The predicted molar refractivity (Wildman–Crippen MR) is 130 cm³/mol. The van der Waals surface area contributed by atoms with Crippen LogP contribution in [0.15, 0.2) is 77.2 Å². The molecule has 152 valence electrons. The second kappa shape index (κ2) is 5.93. The minimum absolute atomic E-state index is 0.192. The number of furan rings is 1. The summed E-state index contributed by atoms with van der Waals surface area (Å²) in [4.78, 5) is 2.38. The molecule has 0 amide bonds. The number of para-hydroxylation sites is 2. The quantitative estimate of drug-likeness (QED) is 0.282. The van der Waals surface area contributed by atoms with Gasteiger partial charge in [-0.05, 0) is 50.2 Å². The van der Waals surface area contributed by atoms with Gasteiger partial charge >= 0.3 is 0 Å². The Morgan fingerprint density at radius 1 is 0.812 bits per heavy atom. The third-order valence-corrected chi connectivity index (χ3v) is 6.64. The average Bonchev–Trinajstić information content (AvgIpc) is 3.35. The highest BCUT2D eigenvalue weighted by atomic mass is 16.3. The summed E-state index contributed by atoms with van der Waals surface area (Å²) in [5, 5.41) is 14.3. The molecule has 0 N–H and O–H groups in total. The molecule has 4 heteroatoms. The molecule has 1 aliphatic rings. The standard InChI is InChI=1S/C28H19N3O/c1-16(2)30-23-13-17(15-29)11-12-22(23)31-21-9-5-3-7-18(21)20-14-25-26(28(30)27(20)31)19-8-4-6-10-24(19)32-25/h3-14,16H,1-2H3. The molecule has 32 heavy (non-hydrogen) atoms. The number of anilines is 2. The van der Waals surface area contributed by atoms with Crippen molar-refractivity contribution in [2.75, 3.05) is 4.90 Å². The fourth-order valence-corrected chi connectivity index (χ4v) is 5.42. The van der Waals surface area contributed by atoms with Gasteiger partial charge in [-0.2, -0.15) is 5.26 Å². The van der Waals surface area contributed by atoms with E-state index in [1.54, 1.807) is 0 Å². The monoisotopic (exact) mass is 413 g/mol. The van der Waals surface area contributed by atoms with Crippen LogP contribution in [-0.2, 0) is 0 Å². The van der Waals surface area contributed by atoms with Crippen molar-refractivity contribution in [3.63, 3.8) is 0 Å². The Morgan fingerprint density at radius 3 is 2.41 bits per heavy atom. The third-order valence-electron chi connectivity index (χ3n) is 6.64. The number of hydrogen-bond acceptors (Lipinski definition) is 3. The second-order valence-electron chi connectivity index (χ2n) is 8.72. The Labute approximate surface area is 184 Å². The maximum atomic E-state index is 9.63. The topological polar surface area (TPSA) is 45.1 Å². The van der Waals surface area contributed by atoms with Gasteiger partial charge in [0, 0.05) is 22.2 Å². The number of rotatable bonds is 1. The Balaban J connectivity index is 1.82. The Bertz CT molecular complexity index is 1780. The first-order valence-corrected chi connectivity index (χ1v) is 10.9. The van der Waals surface area contributed by atoms with Gasteiger partial charge < -0.3 is 13.9 Å². The van der Waals surface area contributed by atoms with Crippen molar-refractivity contribution in [3.8, 4) is 11.8 Å². The van der Waals surface area contributed by atoms with Gasteiger partial charge in [0.05, 0.1) is 45.1 Å². The van der Waals surface area contributed by atoms with Gasteiger partial charge in [-0.1, -0.05) is 36.4 Å². The van der Waals surface area contributed by atoms with Crippen molar-refractivity contribution in [3.05, 3.63) is 78.4 Å². The molecule has 0 radical (unpaired) electrons. The molecule has 0 aliphatic carbocycles. The highest BCUT2D eigenvalue weighted by Crippen LogP contribution is 2.52. The Kier molecular flexibility index (Phi) is 3.23. The van der Waals surface area contributed by atoms with E-state index in [0.717, 1.165) is 44.5 Å². The van der Waals surface area contributed by atoms with Crippen LogP contribution in [0, 0.1) is 11.3 Å². The maximum Gasteiger partial charge on any atom is 0.138 e. The lowest BCUT2D eigenvalue weighted by Crippen LogP contribution is -2.29. The van der Waals surface area contributed by atoms with Gasteiger partial charge in [-0.3, -0.25) is 0 Å². The van der Waals surface area contributed by atoms with E-state index in [1.165, 1.54) is 16.3 Å². The highest BCUT2D eigenvalue weighted by Gasteiger charge is 2.32. The van der Waals surface area contributed by atoms with Gasteiger partial charge in [0.25, 0.3) is 0 Å². The van der Waals surface area contributed by atoms with E-state index in [2.05, 4.69) is 77.9 Å². The lowest BCUT2D eigenvalue weighted by molar-refractivity contribution is 0.669. The van der Waals surface area contributed by atoms with Crippen LogP contribution in [0.2, 0.25) is 0 Å². The summed E-state index contributed by atoms with van der Waals surface area (Å²) in [5.74, 6) is 0. The minimum Gasteiger partial charge on any atom is -0.456 e. The molecular weight excluding hydrogens is 394 g/mol. The zero-order chi connectivity index (χ0) is 21.6. The number of aromatic nitrogens is 1. The smallest absolute Gasteiger partial charge is 0.138 e. The zero-order valence-electron chi connectivity index (χ0n) is 17.8. The summed E-state index contributed by atoms with van der Waals surface area (Å²) in [7, 11) is 0. The Morgan fingerprint density at radius 2 is 1.59 bits per heavy atom. The lowest BCUT2D eigenvalue weighted by atomic mass is 10.0. The van der Waals surface area contributed by atoms with Crippen LogP contribution in [0.25, 0.3) is 49.4 Å². The van der Waals surface area contributed by atoms with E-state index < -0.39 is 0 Å². The zero-order valence-corrected chi connectivity index (χ0v) is 17.8. The van der Waals surface area contributed by atoms with Crippen LogP contribution in [0.1, 0.15) is 19.4 Å². The van der Waals surface area contributed by atoms with Gasteiger partial charge in [0.2, 0.25) is 0 Å². The largest absolute Gasteiger partial charge is 0.456 e. The molecular formula is C28H19N3O. The first kappa shape index (κ1) is 17.5. The molecule has 0 fully saturated rings. The summed E-state index contributed by atoms with van der Waals surface area (Å²) in [6, 6.07) is 27.5. The number of nitrogens with zero attached hydrogens (tertiary/aromatic N) is 3. The first-order chi connectivity index (χ1) is 15.7. The van der Waals surface area contributed by atoms with Crippen LogP contribution in [-0.4, -0.2) is 10.6 Å². The van der Waals surface area contributed by atoms with Gasteiger partial charge in [0.15, 0.2) is 0 Å². The van der Waals surface area contributed by atoms with E-state index >= 15 is 0 Å². The van der Waals surface area contributed by atoms with Crippen molar-refractivity contribution in [2.24, 2.45) is 0 Å². The molecule has 0 saturated heterocycles. The van der Waals surface area contributed by atoms with Crippen LogP contribution >= 0.6 is 0 Å². The third kappa shape index (κ3) is 2.01. The highest BCUT2D eigenvalue weighted by molar-refractivity contribution is 6.26. The Hall–Kier alpha value is -4.23. The summed E-state index contributed by atoms with van der Waals surface area (Å²) in [5.41, 5.74) is 8.09. The van der Waals surface area contributed by atoms with Crippen LogP contribution in [0.4, 0.5) is 11.4 Å². The number of hydrogen-bond donors (Lipinski definition) is 0. The van der Waals surface area contributed by atoms with E-state index in [1.807, 2.05) is 24.3 Å². The predicted octanol–water partition coefficient (Wildman–Crippen LogP) is 7.41.